The van der Waals surface area contributed by atoms with Crippen molar-refractivity contribution >= 4 is 43.6 Å². The number of carbonyl (C=O) groups is 1. The molecule has 0 aliphatic heterocycles. The van der Waals surface area contributed by atoms with E-state index in [0.717, 1.165) is 22.0 Å². The van der Waals surface area contributed by atoms with E-state index in [0.29, 0.717) is 5.82 Å². The molecule has 0 fully saturated rings. The summed E-state index contributed by atoms with van der Waals surface area (Å²) < 4.78 is 1.73. The second kappa shape index (κ2) is 6.96. The largest absolute Gasteiger partial charge is 0.360 e. The number of nitrogens with one attached hydrogen (secondary N) is 1. The molecule has 0 aliphatic rings. The second-order valence-electron chi connectivity index (χ2n) is 3.40. The minimum absolute atomic E-state index is 0.0756. The Bertz CT molecular complexity index is 394. The fourth-order valence-electron chi connectivity index (χ4n) is 1.39. The molecule has 0 aromatic carbocycles. The minimum atomic E-state index is 0.0756. The zero-order valence-electron chi connectivity index (χ0n) is 9.83. The number of hydrogen-bond donors (Lipinski definition) is 1. The van der Waals surface area contributed by atoms with Crippen LogP contribution in [0.15, 0.2) is 21.2 Å². The fourth-order valence-corrected chi connectivity index (χ4v) is 2.52. The van der Waals surface area contributed by atoms with Crippen LogP contribution in [-0.2, 0) is 4.79 Å². The number of nitrogens with zero attached hydrogens (tertiary/aromatic N) is 2. The van der Waals surface area contributed by atoms with Gasteiger partial charge in [0.05, 0.1) is 11.0 Å². The molecule has 0 aliphatic carbocycles. The third-order valence-electron chi connectivity index (χ3n) is 2.33. The number of carbonyl (C=O) groups excluding carboxylic acids is 1. The first kappa shape index (κ1) is 14.4. The summed E-state index contributed by atoms with van der Waals surface area (Å²) in [4.78, 5) is 17.7. The molecular formula is C11H15Br2N3O. The minimum Gasteiger partial charge on any atom is -0.360 e. The lowest BCUT2D eigenvalue weighted by molar-refractivity contribution is -0.128. The average Bonchev–Trinajstić information content (AvgIpc) is 2.29. The predicted octanol–water partition coefficient (Wildman–Crippen LogP) is 2.89. The monoisotopic (exact) mass is 363 g/mol. The van der Waals surface area contributed by atoms with Crippen molar-refractivity contribution in [3.63, 3.8) is 0 Å². The van der Waals surface area contributed by atoms with Gasteiger partial charge >= 0.3 is 0 Å². The van der Waals surface area contributed by atoms with Crippen LogP contribution in [0.4, 0.5) is 5.82 Å². The van der Waals surface area contributed by atoms with Crippen molar-refractivity contribution in [2.24, 2.45) is 0 Å². The fraction of sp³-hybridized carbons (Fsp3) is 0.455. The molecule has 0 spiro atoms. The van der Waals surface area contributed by atoms with Gasteiger partial charge in [0, 0.05) is 23.8 Å². The molecule has 17 heavy (non-hydrogen) atoms. The van der Waals surface area contributed by atoms with E-state index in [1.54, 1.807) is 11.1 Å². The van der Waals surface area contributed by atoms with Gasteiger partial charge in [-0.2, -0.15) is 0 Å². The Morgan fingerprint density at radius 3 is 2.59 bits per heavy atom. The maximum absolute atomic E-state index is 11.8. The van der Waals surface area contributed by atoms with Gasteiger partial charge in [0.1, 0.15) is 5.82 Å². The van der Waals surface area contributed by atoms with E-state index in [9.17, 15) is 4.79 Å². The molecular weight excluding hydrogens is 350 g/mol. The number of aromatic nitrogens is 1. The Kier molecular flexibility index (Phi) is 5.91. The van der Waals surface area contributed by atoms with Gasteiger partial charge in [0.25, 0.3) is 0 Å². The van der Waals surface area contributed by atoms with Gasteiger partial charge < -0.3 is 10.2 Å². The Balaban J connectivity index is 2.58. The third kappa shape index (κ3) is 4.27. The maximum Gasteiger partial charge on any atom is 0.241 e. The van der Waals surface area contributed by atoms with Crippen LogP contribution in [0.2, 0.25) is 0 Å². The molecule has 1 N–H and O–H groups in total. The van der Waals surface area contributed by atoms with Crippen molar-refractivity contribution in [2.45, 2.75) is 13.8 Å². The topological polar surface area (TPSA) is 45.2 Å². The molecule has 6 heteroatoms. The Labute approximate surface area is 118 Å². The predicted molar refractivity (Wildman–Crippen MR) is 76.1 cm³/mol. The summed E-state index contributed by atoms with van der Waals surface area (Å²) >= 11 is 6.71. The molecule has 0 radical (unpaired) electrons. The van der Waals surface area contributed by atoms with Gasteiger partial charge in [-0.25, -0.2) is 4.98 Å². The van der Waals surface area contributed by atoms with E-state index in [1.807, 2.05) is 19.9 Å². The van der Waals surface area contributed by atoms with Crippen molar-refractivity contribution in [3.05, 3.63) is 21.2 Å². The van der Waals surface area contributed by atoms with Crippen LogP contribution in [0.5, 0.6) is 0 Å². The molecule has 0 bridgehead atoms. The highest BCUT2D eigenvalue weighted by atomic mass is 79.9. The summed E-state index contributed by atoms with van der Waals surface area (Å²) in [5.74, 6) is 0.750. The van der Waals surface area contributed by atoms with E-state index >= 15 is 0 Å². The van der Waals surface area contributed by atoms with Crippen LogP contribution in [-0.4, -0.2) is 35.4 Å². The molecule has 0 atom stereocenters. The average molecular weight is 365 g/mol. The second-order valence-corrected chi connectivity index (χ2v) is 5.17. The summed E-state index contributed by atoms with van der Waals surface area (Å²) in [7, 11) is 0. The number of halogens is 2. The molecule has 0 saturated carbocycles. The lowest BCUT2D eigenvalue weighted by Crippen LogP contribution is -2.35. The van der Waals surface area contributed by atoms with Crippen LogP contribution < -0.4 is 5.32 Å². The number of likely N-dealkylation sites (N-methyl/N-ethyl adjacent to an activating group) is 1. The van der Waals surface area contributed by atoms with E-state index in [4.69, 9.17) is 0 Å². The van der Waals surface area contributed by atoms with Crippen molar-refractivity contribution in [1.82, 2.24) is 9.88 Å². The summed E-state index contributed by atoms with van der Waals surface area (Å²) in [6, 6.07) is 1.89. The van der Waals surface area contributed by atoms with E-state index in [-0.39, 0.29) is 12.5 Å². The van der Waals surface area contributed by atoms with Gasteiger partial charge in [-0.15, -0.1) is 0 Å². The quantitative estimate of drug-likeness (QED) is 0.873. The normalized spacial score (nSPS) is 10.1. The Morgan fingerprint density at radius 1 is 1.41 bits per heavy atom. The first-order chi connectivity index (χ1) is 8.08. The lowest BCUT2D eigenvalue weighted by Gasteiger charge is -2.19. The Hall–Kier alpha value is -0.620. The van der Waals surface area contributed by atoms with E-state index < -0.39 is 0 Å². The summed E-state index contributed by atoms with van der Waals surface area (Å²) in [6.45, 7) is 5.65. The zero-order valence-corrected chi connectivity index (χ0v) is 13.0. The number of pyridine rings is 1. The standard InChI is InChI=1S/C11H15Br2N3O/c1-3-16(4-2)10(17)7-15-11-9(13)5-8(12)6-14-11/h5-6H,3-4,7H2,1-2H3,(H,14,15). The number of amides is 1. The van der Waals surface area contributed by atoms with Crippen molar-refractivity contribution in [1.29, 1.82) is 0 Å². The maximum atomic E-state index is 11.8. The molecule has 0 saturated heterocycles. The SMILES string of the molecule is CCN(CC)C(=O)CNc1ncc(Br)cc1Br. The molecule has 1 heterocycles. The lowest BCUT2D eigenvalue weighted by atomic mass is 10.4. The first-order valence-corrected chi connectivity index (χ1v) is 6.99. The molecule has 4 nitrogen and oxygen atoms in total. The highest BCUT2D eigenvalue weighted by molar-refractivity contribution is 9.11. The summed E-state index contributed by atoms with van der Waals surface area (Å²) in [5, 5.41) is 3.02. The zero-order chi connectivity index (χ0) is 12.8. The van der Waals surface area contributed by atoms with Gasteiger partial charge in [0.15, 0.2) is 0 Å². The molecule has 94 valence electrons. The van der Waals surface area contributed by atoms with Gasteiger partial charge in [-0.05, 0) is 51.8 Å². The van der Waals surface area contributed by atoms with Gasteiger partial charge in [-0.1, -0.05) is 0 Å². The van der Waals surface area contributed by atoms with Crippen LogP contribution in [0.3, 0.4) is 0 Å². The molecule has 1 rings (SSSR count). The van der Waals surface area contributed by atoms with E-state index in [1.165, 1.54) is 0 Å². The van der Waals surface area contributed by atoms with Crippen molar-refractivity contribution in [2.75, 3.05) is 25.0 Å². The number of anilines is 1. The van der Waals surface area contributed by atoms with Crippen molar-refractivity contribution < 1.29 is 4.79 Å². The molecule has 1 amide bonds. The summed E-state index contributed by atoms with van der Waals surface area (Å²) in [6.07, 6.45) is 1.69. The van der Waals surface area contributed by atoms with Gasteiger partial charge in [-0.3, -0.25) is 4.79 Å². The molecule has 1 aromatic rings. The van der Waals surface area contributed by atoms with Crippen LogP contribution in [0.1, 0.15) is 13.8 Å². The van der Waals surface area contributed by atoms with Crippen LogP contribution >= 0.6 is 31.9 Å². The molecule has 1 aromatic heterocycles. The highest BCUT2D eigenvalue weighted by Crippen LogP contribution is 2.23. The third-order valence-corrected chi connectivity index (χ3v) is 3.37. The number of rotatable bonds is 5. The summed E-state index contributed by atoms with van der Waals surface area (Å²) in [5.41, 5.74) is 0. The highest BCUT2D eigenvalue weighted by Gasteiger charge is 2.10. The van der Waals surface area contributed by atoms with Crippen LogP contribution in [0, 0.1) is 0 Å². The van der Waals surface area contributed by atoms with Gasteiger partial charge in [0.2, 0.25) is 5.91 Å². The van der Waals surface area contributed by atoms with E-state index in [2.05, 4.69) is 42.2 Å². The first-order valence-electron chi connectivity index (χ1n) is 5.41. The molecule has 0 unspecified atom stereocenters. The number of hydrogen-bond acceptors (Lipinski definition) is 3. The van der Waals surface area contributed by atoms with Crippen molar-refractivity contribution in [3.8, 4) is 0 Å². The van der Waals surface area contributed by atoms with Crippen LogP contribution in [0.25, 0.3) is 0 Å². The smallest absolute Gasteiger partial charge is 0.241 e. The Morgan fingerprint density at radius 2 is 2.06 bits per heavy atom.